The molecule has 0 radical (unpaired) electrons. The molecular weight excluding hydrogens is 220 g/mol. The van der Waals surface area contributed by atoms with E-state index in [1.54, 1.807) is 0 Å². The normalized spacial score (nSPS) is 7.17. The summed E-state index contributed by atoms with van der Waals surface area (Å²) in [5.41, 5.74) is 2.66. The molecule has 0 aliphatic carbocycles. The van der Waals surface area contributed by atoms with Crippen LogP contribution in [0.2, 0.25) is 0 Å². The zero-order chi connectivity index (χ0) is 8.69. The first-order valence-electron chi connectivity index (χ1n) is 3.32. The van der Waals surface area contributed by atoms with E-state index in [2.05, 4.69) is 38.1 Å². The molecule has 0 spiro atoms. The third-order valence-corrected chi connectivity index (χ3v) is 1.22. The van der Waals surface area contributed by atoms with E-state index in [1.165, 1.54) is 11.1 Å². The molecular formula is C9H13BrO2. The van der Waals surface area contributed by atoms with Crippen LogP contribution in [0.15, 0.2) is 24.3 Å². The Morgan fingerprint density at radius 3 is 1.42 bits per heavy atom. The first-order chi connectivity index (χ1) is 5.20. The van der Waals surface area contributed by atoms with Gasteiger partial charge in [0.2, 0.25) is 0 Å². The average molecular weight is 233 g/mol. The summed E-state index contributed by atoms with van der Waals surface area (Å²) in [6.45, 7) is 3.94. The number of hydrogen-bond donors (Lipinski definition) is 1. The molecule has 0 fully saturated rings. The fourth-order valence-electron chi connectivity index (χ4n) is 0.637. The van der Waals surface area contributed by atoms with Gasteiger partial charge in [-0.1, -0.05) is 35.4 Å². The van der Waals surface area contributed by atoms with Crippen molar-refractivity contribution in [1.82, 2.24) is 0 Å². The molecule has 0 heterocycles. The summed E-state index contributed by atoms with van der Waals surface area (Å²) in [6.07, 6.45) is 0. The van der Waals surface area contributed by atoms with Gasteiger partial charge in [-0.25, -0.2) is 0 Å². The van der Waals surface area contributed by atoms with Gasteiger partial charge in [-0.05, 0) is 13.8 Å². The van der Waals surface area contributed by atoms with Crippen LogP contribution >= 0.6 is 17.0 Å². The van der Waals surface area contributed by atoms with Gasteiger partial charge in [-0.15, -0.1) is 17.0 Å². The van der Waals surface area contributed by atoms with Crippen molar-refractivity contribution in [2.24, 2.45) is 0 Å². The molecule has 3 heteroatoms. The summed E-state index contributed by atoms with van der Waals surface area (Å²) in [5.74, 6) is 0. The second kappa shape index (κ2) is 8.27. The summed E-state index contributed by atoms with van der Waals surface area (Å²) in [6, 6.07) is 8.48. The highest BCUT2D eigenvalue weighted by Gasteiger charge is 1.79. The Hall–Kier alpha value is -0.830. The highest BCUT2D eigenvalue weighted by atomic mass is 79.9. The molecule has 0 atom stereocenters. The number of aryl methyl sites for hydroxylation is 2. The lowest BCUT2D eigenvalue weighted by atomic mass is 10.2. The number of rotatable bonds is 0. The maximum atomic E-state index is 8.36. The second-order valence-electron chi connectivity index (χ2n) is 2.26. The van der Waals surface area contributed by atoms with E-state index in [9.17, 15) is 0 Å². The topological polar surface area (TPSA) is 37.3 Å². The Kier molecular flexibility index (Phi) is 9.47. The average Bonchev–Trinajstić information content (AvgIpc) is 1.97. The molecule has 0 saturated carbocycles. The number of carboxylic acid groups (broad SMARTS) is 1. The van der Waals surface area contributed by atoms with Gasteiger partial charge in [0.1, 0.15) is 0 Å². The number of benzene rings is 1. The predicted molar refractivity (Wildman–Crippen MR) is 54.9 cm³/mol. The van der Waals surface area contributed by atoms with E-state index < -0.39 is 0 Å². The van der Waals surface area contributed by atoms with Crippen molar-refractivity contribution in [1.29, 1.82) is 0 Å². The molecule has 1 N–H and O–H groups in total. The molecule has 1 aromatic rings. The van der Waals surface area contributed by atoms with Gasteiger partial charge in [0.05, 0.1) is 0 Å². The number of hydrogen-bond acceptors (Lipinski definition) is 1. The van der Waals surface area contributed by atoms with Crippen LogP contribution in [0.4, 0.5) is 0 Å². The fraction of sp³-hybridized carbons (Fsp3) is 0.222. The van der Waals surface area contributed by atoms with Crippen molar-refractivity contribution in [2.75, 3.05) is 0 Å². The van der Waals surface area contributed by atoms with Crippen LogP contribution in [-0.4, -0.2) is 11.6 Å². The molecule has 68 valence electrons. The van der Waals surface area contributed by atoms with E-state index in [0.717, 1.165) is 0 Å². The molecule has 0 aliphatic rings. The Bertz CT molecular complexity index is 185. The Balaban J connectivity index is 0. The zero-order valence-electron chi connectivity index (χ0n) is 7.15. The van der Waals surface area contributed by atoms with Gasteiger partial charge in [-0.2, -0.15) is 0 Å². The largest absolute Gasteiger partial charge is 0.483 e. The monoisotopic (exact) mass is 232 g/mol. The zero-order valence-corrected chi connectivity index (χ0v) is 8.86. The molecule has 12 heavy (non-hydrogen) atoms. The lowest BCUT2D eigenvalue weighted by Crippen LogP contribution is -1.70. The standard InChI is InChI=1S/C8H10.CH2O2.BrH/c1-7-3-5-8(2)6-4-7;2-1-3;/h3-6H,1-2H3;1H,(H,2,3);1H. The number of halogens is 1. The summed E-state index contributed by atoms with van der Waals surface area (Å²) < 4.78 is 0. The van der Waals surface area contributed by atoms with Crippen molar-refractivity contribution in [3.05, 3.63) is 35.4 Å². The first kappa shape index (κ1) is 13.7. The van der Waals surface area contributed by atoms with E-state index in [4.69, 9.17) is 9.90 Å². The van der Waals surface area contributed by atoms with Crippen molar-refractivity contribution in [3.63, 3.8) is 0 Å². The van der Waals surface area contributed by atoms with Crippen molar-refractivity contribution in [2.45, 2.75) is 13.8 Å². The lowest BCUT2D eigenvalue weighted by Gasteiger charge is -1.90. The van der Waals surface area contributed by atoms with Gasteiger partial charge in [0.15, 0.2) is 0 Å². The van der Waals surface area contributed by atoms with Crippen LogP contribution in [0.3, 0.4) is 0 Å². The maximum absolute atomic E-state index is 8.36. The molecule has 0 aliphatic heterocycles. The van der Waals surface area contributed by atoms with Gasteiger partial charge in [0, 0.05) is 0 Å². The van der Waals surface area contributed by atoms with Crippen molar-refractivity contribution < 1.29 is 9.90 Å². The van der Waals surface area contributed by atoms with E-state index >= 15 is 0 Å². The van der Waals surface area contributed by atoms with E-state index in [0.29, 0.717) is 0 Å². The van der Waals surface area contributed by atoms with Crippen LogP contribution in [0.1, 0.15) is 11.1 Å². The Labute approximate surface area is 83.0 Å². The minimum atomic E-state index is -0.250. The van der Waals surface area contributed by atoms with Gasteiger partial charge in [0.25, 0.3) is 6.47 Å². The van der Waals surface area contributed by atoms with Crippen LogP contribution in [0.5, 0.6) is 0 Å². The van der Waals surface area contributed by atoms with Gasteiger partial charge in [-0.3, -0.25) is 4.79 Å². The van der Waals surface area contributed by atoms with Crippen LogP contribution < -0.4 is 0 Å². The minimum absolute atomic E-state index is 0. The molecule has 2 nitrogen and oxygen atoms in total. The predicted octanol–water partition coefficient (Wildman–Crippen LogP) is 2.58. The third kappa shape index (κ3) is 7.28. The number of carbonyl (C=O) groups is 1. The van der Waals surface area contributed by atoms with Gasteiger partial charge >= 0.3 is 0 Å². The summed E-state index contributed by atoms with van der Waals surface area (Å²) in [5, 5.41) is 6.89. The lowest BCUT2D eigenvalue weighted by molar-refractivity contribution is -0.122. The highest BCUT2D eigenvalue weighted by molar-refractivity contribution is 8.93. The Morgan fingerprint density at radius 2 is 1.25 bits per heavy atom. The molecule has 0 unspecified atom stereocenters. The molecule has 1 rings (SSSR count). The van der Waals surface area contributed by atoms with Crippen LogP contribution in [0.25, 0.3) is 0 Å². The highest BCUT2D eigenvalue weighted by Crippen LogP contribution is 1.99. The summed E-state index contributed by atoms with van der Waals surface area (Å²) in [7, 11) is 0. The molecule has 0 aromatic heterocycles. The minimum Gasteiger partial charge on any atom is -0.483 e. The molecule has 1 aromatic carbocycles. The smallest absolute Gasteiger partial charge is 0.290 e. The maximum Gasteiger partial charge on any atom is 0.290 e. The summed E-state index contributed by atoms with van der Waals surface area (Å²) in [4.78, 5) is 8.36. The first-order valence-corrected chi connectivity index (χ1v) is 3.32. The van der Waals surface area contributed by atoms with Crippen molar-refractivity contribution in [3.8, 4) is 0 Å². The summed E-state index contributed by atoms with van der Waals surface area (Å²) >= 11 is 0. The van der Waals surface area contributed by atoms with Crippen LogP contribution in [0, 0.1) is 13.8 Å². The van der Waals surface area contributed by atoms with E-state index in [1.807, 2.05) is 0 Å². The SMILES string of the molecule is Br.Cc1ccc(C)cc1.O=CO. The fourth-order valence-corrected chi connectivity index (χ4v) is 0.637. The Morgan fingerprint density at radius 1 is 1.08 bits per heavy atom. The molecule has 0 bridgehead atoms. The van der Waals surface area contributed by atoms with Crippen molar-refractivity contribution >= 4 is 23.5 Å². The third-order valence-electron chi connectivity index (χ3n) is 1.22. The molecule has 0 saturated heterocycles. The van der Waals surface area contributed by atoms with Gasteiger partial charge < -0.3 is 5.11 Å². The van der Waals surface area contributed by atoms with Crippen LogP contribution in [-0.2, 0) is 4.79 Å². The molecule has 0 amide bonds. The quantitative estimate of drug-likeness (QED) is 0.699. The second-order valence-corrected chi connectivity index (χ2v) is 2.26. The van der Waals surface area contributed by atoms with E-state index in [-0.39, 0.29) is 23.5 Å².